The first-order chi connectivity index (χ1) is 8.85. The molecule has 1 fully saturated rings. The summed E-state index contributed by atoms with van der Waals surface area (Å²) < 4.78 is 41.6. The Morgan fingerprint density at radius 2 is 2.11 bits per heavy atom. The number of halogens is 3. The van der Waals surface area contributed by atoms with E-state index >= 15 is 0 Å². The number of nitrogens with one attached hydrogen (secondary N) is 1. The molecule has 0 aliphatic carbocycles. The van der Waals surface area contributed by atoms with Crippen LogP contribution in [0.1, 0.15) is 19.8 Å². The molecular weight excluding hydrogens is 261 g/mol. The first-order valence-corrected chi connectivity index (χ1v) is 6.48. The maximum atomic E-state index is 12.1. The van der Waals surface area contributed by atoms with Gasteiger partial charge in [-0.05, 0) is 13.0 Å². The highest BCUT2D eigenvalue weighted by Gasteiger charge is 2.36. The highest BCUT2D eigenvalue weighted by atomic mass is 19.4. The molecule has 1 aliphatic rings. The molecule has 0 radical (unpaired) electrons. The second-order valence-electron chi connectivity index (χ2n) is 4.83. The van der Waals surface area contributed by atoms with Crippen molar-refractivity contribution >= 4 is 5.91 Å². The van der Waals surface area contributed by atoms with E-state index < -0.39 is 12.6 Å². The average molecular weight is 282 g/mol. The smallest absolute Gasteiger partial charge is 0.379 e. The summed E-state index contributed by atoms with van der Waals surface area (Å²) in [5.41, 5.74) is 0. The number of rotatable bonds is 6. The lowest BCUT2D eigenvalue weighted by Gasteiger charge is -2.24. The van der Waals surface area contributed by atoms with Crippen LogP contribution in [0.15, 0.2) is 0 Å². The molecule has 0 aromatic carbocycles. The predicted molar refractivity (Wildman–Crippen MR) is 64.7 cm³/mol. The van der Waals surface area contributed by atoms with Gasteiger partial charge in [0.15, 0.2) is 0 Å². The lowest BCUT2D eigenvalue weighted by molar-refractivity contribution is -0.146. The number of hydrogen-bond donors (Lipinski definition) is 1. The summed E-state index contributed by atoms with van der Waals surface area (Å²) in [6.07, 6.45) is -4.28. The molecule has 1 heterocycles. The van der Waals surface area contributed by atoms with Crippen LogP contribution in [0.2, 0.25) is 0 Å². The van der Waals surface area contributed by atoms with Gasteiger partial charge in [-0.25, -0.2) is 0 Å². The van der Waals surface area contributed by atoms with Crippen LogP contribution < -0.4 is 5.32 Å². The Hall–Kier alpha value is -0.820. The summed E-state index contributed by atoms with van der Waals surface area (Å²) >= 11 is 0. The largest absolute Gasteiger partial charge is 0.390 e. The lowest BCUT2D eigenvalue weighted by atomic mass is 10.0. The molecule has 112 valence electrons. The van der Waals surface area contributed by atoms with Crippen molar-refractivity contribution in [1.29, 1.82) is 0 Å². The Labute approximate surface area is 111 Å². The van der Waals surface area contributed by atoms with Gasteiger partial charge in [-0.1, -0.05) is 6.92 Å². The fraction of sp³-hybridized carbons (Fsp3) is 0.917. The Kier molecular flexibility index (Phi) is 6.06. The van der Waals surface area contributed by atoms with E-state index in [2.05, 4.69) is 5.32 Å². The maximum Gasteiger partial charge on any atom is 0.390 e. The number of carbonyl (C=O) groups excluding carboxylic acids is 1. The summed E-state index contributed by atoms with van der Waals surface area (Å²) in [6, 6.07) is -0.0965. The van der Waals surface area contributed by atoms with E-state index in [4.69, 9.17) is 4.74 Å². The van der Waals surface area contributed by atoms with Gasteiger partial charge >= 0.3 is 6.18 Å². The second-order valence-corrected chi connectivity index (χ2v) is 4.83. The molecule has 1 saturated heterocycles. The standard InChI is InChI=1S/C12H21F3N2O2/c1-3-5-16-10-8-19-7-9(10)11(18)17(2)6-4-12(13,14)15/h9-10,16H,3-8H2,1-2H3. The molecule has 0 aromatic heterocycles. The zero-order chi connectivity index (χ0) is 14.5. The molecule has 1 N–H and O–H groups in total. The zero-order valence-electron chi connectivity index (χ0n) is 11.3. The normalized spacial score (nSPS) is 23.6. The molecule has 4 nitrogen and oxygen atoms in total. The average Bonchev–Trinajstić information content (AvgIpc) is 2.79. The van der Waals surface area contributed by atoms with Crippen molar-refractivity contribution < 1.29 is 22.7 Å². The summed E-state index contributed by atoms with van der Waals surface area (Å²) in [7, 11) is 1.41. The van der Waals surface area contributed by atoms with Crippen LogP contribution in [-0.4, -0.2) is 56.4 Å². The van der Waals surface area contributed by atoms with Gasteiger partial charge in [0, 0.05) is 19.6 Å². The van der Waals surface area contributed by atoms with Crippen LogP contribution in [0.25, 0.3) is 0 Å². The van der Waals surface area contributed by atoms with Gasteiger partial charge < -0.3 is 15.0 Å². The molecule has 2 atom stereocenters. The Bertz CT molecular complexity index is 297. The van der Waals surface area contributed by atoms with Crippen molar-refractivity contribution in [2.45, 2.75) is 32.0 Å². The zero-order valence-corrected chi connectivity index (χ0v) is 11.3. The number of nitrogens with zero attached hydrogens (tertiary/aromatic N) is 1. The highest BCUT2D eigenvalue weighted by Crippen LogP contribution is 2.21. The van der Waals surface area contributed by atoms with E-state index in [1.54, 1.807) is 0 Å². The minimum Gasteiger partial charge on any atom is -0.379 e. The Morgan fingerprint density at radius 1 is 1.42 bits per heavy atom. The second kappa shape index (κ2) is 7.09. The lowest BCUT2D eigenvalue weighted by Crippen LogP contribution is -2.45. The van der Waals surface area contributed by atoms with Crippen LogP contribution in [0.5, 0.6) is 0 Å². The van der Waals surface area contributed by atoms with Gasteiger partial charge in [0.2, 0.25) is 5.91 Å². The molecule has 19 heavy (non-hydrogen) atoms. The third kappa shape index (κ3) is 5.36. The van der Waals surface area contributed by atoms with Gasteiger partial charge in [0.25, 0.3) is 0 Å². The fourth-order valence-corrected chi connectivity index (χ4v) is 2.02. The van der Waals surface area contributed by atoms with Crippen molar-refractivity contribution in [2.24, 2.45) is 5.92 Å². The Morgan fingerprint density at radius 3 is 2.68 bits per heavy atom. The number of alkyl halides is 3. The summed E-state index contributed by atoms with van der Waals surface area (Å²) in [5.74, 6) is -0.667. The van der Waals surface area contributed by atoms with Crippen LogP contribution in [0.3, 0.4) is 0 Å². The monoisotopic (exact) mass is 282 g/mol. The molecule has 0 saturated carbocycles. The van der Waals surface area contributed by atoms with Crippen molar-refractivity contribution in [1.82, 2.24) is 10.2 Å². The van der Waals surface area contributed by atoms with Gasteiger partial charge in [-0.3, -0.25) is 4.79 Å². The van der Waals surface area contributed by atoms with Crippen molar-refractivity contribution in [3.63, 3.8) is 0 Å². The summed E-state index contributed by atoms with van der Waals surface area (Å²) in [4.78, 5) is 13.2. The molecule has 0 bridgehead atoms. The van der Waals surface area contributed by atoms with E-state index in [1.807, 2.05) is 6.92 Å². The third-order valence-electron chi connectivity index (χ3n) is 3.16. The molecule has 1 aliphatic heterocycles. The molecule has 0 aromatic rings. The first kappa shape index (κ1) is 16.2. The molecule has 1 amide bonds. The van der Waals surface area contributed by atoms with Crippen LogP contribution in [0.4, 0.5) is 13.2 Å². The number of hydrogen-bond acceptors (Lipinski definition) is 3. The topological polar surface area (TPSA) is 41.6 Å². The van der Waals surface area contributed by atoms with E-state index in [0.717, 1.165) is 17.9 Å². The molecule has 2 unspecified atom stereocenters. The van der Waals surface area contributed by atoms with Crippen molar-refractivity contribution in [3.8, 4) is 0 Å². The van der Waals surface area contributed by atoms with E-state index in [1.165, 1.54) is 7.05 Å². The van der Waals surface area contributed by atoms with Crippen LogP contribution >= 0.6 is 0 Å². The third-order valence-corrected chi connectivity index (χ3v) is 3.16. The minimum absolute atomic E-state index is 0.0965. The summed E-state index contributed by atoms with van der Waals surface area (Å²) in [6.45, 7) is 3.18. The van der Waals surface area contributed by atoms with E-state index in [-0.39, 0.29) is 31.0 Å². The van der Waals surface area contributed by atoms with E-state index in [9.17, 15) is 18.0 Å². The predicted octanol–water partition coefficient (Wildman–Crippen LogP) is 1.41. The van der Waals surface area contributed by atoms with Gasteiger partial charge in [-0.15, -0.1) is 0 Å². The number of ether oxygens (including phenoxy) is 1. The van der Waals surface area contributed by atoms with Gasteiger partial charge in [0.1, 0.15) is 0 Å². The summed E-state index contributed by atoms with van der Waals surface area (Å²) in [5, 5.41) is 3.19. The quantitative estimate of drug-likeness (QED) is 0.801. The SMILES string of the molecule is CCCNC1COCC1C(=O)N(C)CCC(F)(F)F. The number of amides is 1. The Balaban J connectivity index is 2.46. The number of carbonyl (C=O) groups is 1. The highest BCUT2D eigenvalue weighted by molar-refractivity contribution is 5.79. The molecular formula is C12H21F3N2O2. The van der Waals surface area contributed by atoms with Crippen molar-refractivity contribution in [3.05, 3.63) is 0 Å². The van der Waals surface area contributed by atoms with Crippen molar-refractivity contribution in [2.75, 3.05) is 33.4 Å². The van der Waals surface area contributed by atoms with Crippen LogP contribution in [-0.2, 0) is 9.53 Å². The minimum atomic E-state index is -4.24. The molecule has 7 heteroatoms. The fourth-order valence-electron chi connectivity index (χ4n) is 2.02. The van der Waals surface area contributed by atoms with Gasteiger partial charge in [0.05, 0.1) is 25.6 Å². The molecule has 0 spiro atoms. The van der Waals surface area contributed by atoms with E-state index in [0.29, 0.717) is 6.61 Å². The maximum absolute atomic E-state index is 12.1. The van der Waals surface area contributed by atoms with Gasteiger partial charge in [-0.2, -0.15) is 13.2 Å². The van der Waals surface area contributed by atoms with Crippen LogP contribution in [0, 0.1) is 5.92 Å². The molecule has 1 rings (SSSR count). The first-order valence-electron chi connectivity index (χ1n) is 6.48.